The van der Waals surface area contributed by atoms with Crippen molar-refractivity contribution in [1.29, 1.82) is 0 Å². The molecule has 4 nitrogen and oxygen atoms in total. The van der Waals surface area contributed by atoms with Crippen molar-refractivity contribution in [2.24, 2.45) is 0 Å². The minimum Gasteiger partial charge on any atom is -0.318 e. The van der Waals surface area contributed by atoms with Gasteiger partial charge in [0.2, 0.25) is 0 Å². The zero-order chi connectivity index (χ0) is 15.5. The van der Waals surface area contributed by atoms with Crippen LogP contribution in [0.25, 0.3) is 0 Å². The van der Waals surface area contributed by atoms with Crippen LogP contribution in [0, 0.1) is 0 Å². The summed E-state index contributed by atoms with van der Waals surface area (Å²) in [7, 11) is -1.13. The summed E-state index contributed by atoms with van der Waals surface area (Å²) >= 11 is 0. The van der Waals surface area contributed by atoms with Crippen molar-refractivity contribution in [2.75, 3.05) is 26.4 Å². The van der Waals surface area contributed by atoms with Crippen molar-refractivity contribution in [3.63, 3.8) is 0 Å². The van der Waals surface area contributed by atoms with Gasteiger partial charge in [-0.3, -0.25) is 4.90 Å². The van der Waals surface area contributed by atoms with E-state index in [4.69, 9.17) is 0 Å². The number of rotatable bonds is 6. The van der Waals surface area contributed by atoms with Crippen LogP contribution in [-0.2, 0) is 22.1 Å². The highest BCUT2D eigenvalue weighted by atomic mass is 32.2. The van der Waals surface area contributed by atoms with Gasteiger partial charge in [-0.25, -0.2) is 12.8 Å². The molecule has 2 rings (SSSR count). The third kappa shape index (κ3) is 5.05. The molecule has 1 fully saturated rings. The summed E-state index contributed by atoms with van der Waals surface area (Å²) < 4.78 is 36.1. The SMILES string of the molecule is CNC[C@@H]1C[C@H](F)CN1Cc1ccc(CS(C)(=O)=O)cc1. The number of sulfone groups is 1. The van der Waals surface area contributed by atoms with Gasteiger partial charge >= 0.3 is 0 Å². The first-order valence-electron chi connectivity index (χ1n) is 7.15. The van der Waals surface area contributed by atoms with Crippen LogP contribution < -0.4 is 5.32 Å². The number of nitrogens with zero attached hydrogens (tertiary/aromatic N) is 1. The number of halogens is 1. The van der Waals surface area contributed by atoms with Crippen LogP contribution in [0.2, 0.25) is 0 Å². The maximum absolute atomic E-state index is 13.6. The Morgan fingerprint density at radius 2 is 1.90 bits per heavy atom. The summed E-state index contributed by atoms with van der Waals surface area (Å²) in [5, 5.41) is 3.11. The lowest BCUT2D eigenvalue weighted by atomic mass is 10.1. The first-order valence-corrected chi connectivity index (χ1v) is 9.21. The Morgan fingerprint density at radius 3 is 2.48 bits per heavy atom. The second-order valence-electron chi connectivity index (χ2n) is 5.86. The lowest BCUT2D eigenvalue weighted by molar-refractivity contribution is 0.232. The molecule has 0 radical (unpaired) electrons. The Kier molecular flexibility index (Phi) is 5.35. The van der Waals surface area contributed by atoms with Crippen LogP contribution in [-0.4, -0.2) is 51.9 Å². The molecule has 0 saturated carbocycles. The van der Waals surface area contributed by atoms with Gasteiger partial charge in [-0.1, -0.05) is 24.3 Å². The quantitative estimate of drug-likeness (QED) is 0.861. The van der Waals surface area contributed by atoms with E-state index in [1.165, 1.54) is 6.26 Å². The fourth-order valence-corrected chi connectivity index (χ4v) is 3.64. The van der Waals surface area contributed by atoms with Gasteiger partial charge in [-0.05, 0) is 24.6 Å². The fourth-order valence-electron chi connectivity index (χ4n) is 2.84. The van der Waals surface area contributed by atoms with Gasteiger partial charge in [0.05, 0.1) is 5.75 Å². The summed E-state index contributed by atoms with van der Waals surface area (Å²) in [4.78, 5) is 2.15. The van der Waals surface area contributed by atoms with Gasteiger partial charge in [0.25, 0.3) is 0 Å². The molecule has 0 spiro atoms. The molecule has 1 saturated heterocycles. The second-order valence-corrected chi connectivity index (χ2v) is 8.00. The summed E-state index contributed by atoms with van der Waals surface area (Å²) in [6.45, 7) is 1.95. The summed E-state index contributed by atoms with van der Waals surface area (Å²) in [6.07, 6.45) is 1.05. The Morgan fingerprint density at radius 1 is 1.29 bits per heavy atom. The Balaban J connectivity index is 1.99. The number of hydrogen-bond donors (Lipinski definition) is 1. The molecule has 0 aromatic heterocycles. The maximum Gasteiger partial charge on any atom is 0.151 e. The largest absolute Gasteiger partial charge is 0.318 e. The molecule has 0 unspecified atom stereocenters. The average molecular weight is 314 g/mol. The number of alkyl halides is 1. The predicted octanol–water partition coefficient (Wildman–Crippen LogP) is 1.36. The van der Waals surface area contributed by atoms with Crippen molar-refractivity contribution >= 4 is 9.84 Å². The molecular weight excluding hydrogens is 291 g/mol. The molecule has 1 N–H and O–H groups in total. The summed E-state index contributed by atoms with van der Waals surface area (Å²) in [5.74, 6) is 0.0614. The Bertz CT molecular complexity index is 560. The smallest absolute Gasteiger partial charge is 0.151 e. The zero-order valence-electron chi connectivity index (χ0n) is 12.5. The van der Waals surface area contributed by atoms with Crippen molar-refractivity contribution in [3.8, 4) is 0 Å². The van der Waals surface area contributed by atoms with Crippen molar-refractivity contribution in [2.45, 2.75) is 30.9 Å². The van der Waals surface area contributed by atoms with Crippen LogP contribution in [0.15, 0.2) is 24.3 Å². The second kappa shape index (κ2) is 6.85. The standard InChI is InChI=1S/C15H23FN2O2S/c1-17-8-15-7-14(16)10-18(15)9-12-3-5-13(6-4-12)11-21(2,19)20/h3-6,14-15,17H,7-11H2,1-2H3/t14-,15-/m0/s1. The van der Waals surface area contributed by atoms with Crippen LogP contribution in [0.1, 0.15) is 17.5 Å². The van der Waals surface area contributed by atoms with Gasteiger partial charge in [-0.15, -0.1) is 0 Å². The van der Waals surface area contributed by atoms with E-state index in [2.05, 4.69) is 10.2 Å². The Hall–Kier alpha value is -0.980. The average Bonchev–Trinajstić information content (AvgIpc) is 2.71. The van der Waals surface area contributed by atoms with Crippen LogP contribution >= 0.6 is 0 Å². The van der Waals surface area contributed by atoms with E-state index in [0.717, 1.165) is 17.7 Å². The van der Waals surface area contributed by atoms with Crippen LogP contribution in [0.5, 0.6) is 0 Å². The number of benzene rings is 1. The molecule has 0 bridgehead atoms. The molecule has 2 atom stereocenters. The van der Waals surface area contributed by atoms with Crippen molar-refractivity contribution in [3.05, 3.63) is 35.4 Å². The van der Waals surface area contributed by atoms with E-state index >= 15 is 0 Å². The normalized spacial score (nSPS) is 23.6. The fraction of sp³-hybridized carbons (Fsp3) is 0.600. The van der Waals surface area contributed by atoms with Gasteiger partial charge in [0, 0.05) is 31.9 Å². The summed E-state index contributed by atoms with van der Waals surface area (Å²) in [5.41, 5.74) is 1.88. The van der Waals surface area contributed by atoms with E-state index in [1.807, 2.05) is 31.3 Å². The predicted molar refractivity (Wildman–Crippen MR) is 82.6 cm³/mol. The first kappa shape index (κ1) is 16.4. The first-order chi connectivity index (χ1) is 9.87. The molecule has 0 amide bonds. The minimum atomic E-state index is -3.00. The lowest BCUT2D eigenvalue weighted by Crippen LogP contribution is -2.36. The van der Waals surface area contributed by atoms with Gasteiger partial charge in [0.1, 0.15) is 6.17 Å². The van der Waals surface area contributed by atoms with Gasteiger partial charge in [0.15, 0.2) is 9.84 Å². The molecular formula is C15H23FN2O2S. The molecule has 21 heavy (non-hydrogen) atoms. The van der Waals surface area contributed by atoms with Crippen LogP contribution in [0.4, 0.5) is 4.39 Å². The third-order valence-corrected chi connectivity index (χ3v) is 4.61. The highest BCUT2D eigenvalue weighted by Gasteiger charge is 2.31. The lowest BCUT2D eigenvalue weighted by Gasteiger charge is -2.23. The highest BCUT2D eigenvalue weighted by molar-refractivity contribution is 7.89. The number of likely N-dealkylation sites (N-methyl/N-ethyl adjacent to an activating group) is 1. The monoisotopic (exact) mass is 314 g/mol. The topological polar surface area (TPSA) is 49.4 Å². The highest BCUT2D eigenvalue weighted by Crippen LogP contribution is 2.22. The van der Waals surface area contributed by atoms with Crippen molar-refractivity contribution in [1.82, 2.24) is 10.2 Å². The zero-order valence-corrected chi connectivity index (χ0v) is 13.4. The molecule has 1 aliphatic rings. The van der Waals surface area contributed by atoms with E-state index in [1.54, 1.807) is 0 Å². The van der Waals surface area contributed by atoms with Gasteiger partial charge < -0.3 is 5.32 Å². The minimum absolute atomic E-state index is 0.0614. The summed E-state index contributed by atoms with van der Waals surface area (Å²) in [6, 6.07) is 7.77. The van der Waals surface area contributed by atoms with E-state index in [0.29, 0.717) is 19.5 Å². The molecule has 1 aromatic rings. The number of likely N-dealkylation sites (tertiary alicyclic amines) is 1. The molecule has 118 valence electrons. The molecule has 0 aliphatic carbocycles. The van der Waals surface area contributed by atoms with Crippen LogP contribution in [0.3, 0.4) is 0 Å². The molecule has 1 aromatic carbocycles. The van der Waals surface area contributed by atoms with E-state index < -0.39 is 16.0 Å². The van der Waals surface area contributed by atoms with E-state index in [9.17, 15) is 12.8 Å². The van der Waals surface area contributed by atoms with E-state index in [-0.39, 0.29) is 11.8 Å². The molecule has 1 aliphatic heterocycles. The number of nitrogens with one attached hydrogen (secondary N) is 1. The van der Waals surface area contributed by atoms with Gasteiger partial charge in [-0.2, -0.15) is 0 Å². The maximum atomic E-state index is 13.6. The Labute approximate surface area is 126 Å². The molecule has 1 heterocycles. The van der Waals surface area contributed by atoms with Crippen molar-refractivity contribution < 1.29 is 12.8 Å². The molecule has 6 heteroatoms. The number of hydrogen-bond acceptors (Lipinski definition) is 4. The third-order valence-electron chi connectivity index (χ3n) is 3.75.